The molecular formula is C20H25N5O2. The van der Waals surface area contributed by atoms with Gasteiger partial charge in [-0.25, -0.2) is 10.9 Å². The second kappa shape index (κ2) is 7.94. The number of piperazine rings is 1. The third kappa shape index (κ3) is 3.74. The number of nitrogens with zero attached hydrogens (tertiary/aromatic N) is 3. The molecule has 1 aromatic carbocycles. The number of pyridine rings is 1. The molecule has 7 heteroatoms. The van der Waals surface area contributed by atoms with Crippen molar-refractivity contribution in [2.24, 2.45) is 0 Å². The van der Waals surface area contributed by atoms with E-state index in [1.165, 1.54) is 0 Å². The summed E-state index contributed by atoms with van der Waals surface area (Å²) >= 11 is 0. The summed E-state index contributed by atoms with van der Waals surface area (Å²) in [6.07, 6.45) is 4.34. The largest absolute Gasteiger partial charge is 0.495 e. The van der Waals surface area contributed by atoms with Gasteiger partial charge in [-0.05, 0) is 30.2 Å². The van der Waals surface area contributed by atoms with Crippen LogP contribution in [0.2, 0.25) is 0 Å². The van der Waals surface area contributed by atoms with Crippen LogP contribution < -0.4 is 20.5 Å². The number of benzene rings is 1. The van der Waals surface area contributed by atoms with Crippen molar-refractivity contribution in [1.29, 1.82) is 0 Å². The number of amides is 1. The maximum absolute atomic E-state index is 12.9. The van der Waals surface area contributed by atoms with Crippen molar-refractivity contribution in [2.75, 3.05) is 38.2 Å². The zero-order chi connectivity index (χ0) is 18.6. The molecule has 1 aromatic heterocycles. The number of carbonyl (C=O) groups excluding carboxylic acids is 1. The maximum Gasteiger partial charge on any atom is 0.241 e. The Bertz CT molecular complexity index is 777. The van der Waals surface area contributed by atoms with E-state index in [4.69, 9.17) is 4.74 Å². The van der Waals surface area contributed by atoms with E-state index in [0.717, 1.165) is 36.5 Å². The molecule has 3 heterocycles. The summed E-state index contributed by atoms with van der Waals surface area (Å²) in [7, 11) is 1.69. The lowest BCUT2D eigenvalue weighted by Gasteiger charge is -2.37. The van der Waals surface area contributed by atoms with Crippen molar-refractivity contribution >= 4 is 11.6 Å². The molecule has 2 aliphatic heterocycles. The van der Waals surface area contributed by atoms with Crippen molar-refractivity contribution in [3.8, 4) is 5.75 Å². The number of aromatic nitrogens is 1. The molecule has 1 amide bonds. The molecule has 0 bridgehead atoms. The molecule has 2 aromatic rings. The van der Waals surface area contributed by atoms with Crippen LogP contribution in [0, 0.1) is 0 Å². The lowest BCUT2D eigenvalue weighted by atomic mass is 10.0. The smallest absolute Gasteiger partial charge is 0.241 e. The SMILES string of the molecule is COc1ccccc1N1CCN(C(=O)C2CC(c3cccnc3)NN2)CC1. The predicted octanol–water partition coefficient (Wildman–Crippen LogP) is 1.35. The minimum Gasteiger partial charge on any atom is -0.495 e. The Labute approximate surface area is 159 Å². The molecule has 27 heavy (non-hydrogen) atoms. The van der Waals surface area contributed by atoms with Crippen LogP contribution in [0.25, 0.3) is 0 Å². The monoisotopic (exact) mass is 367 g/mol. The molecule has 142 valence electrons. The van der Waals surface area contributed by atoms with Gasteiger partial charge in [-0.15, -0.1) is 0 Å². The fourth-order valence-electron chi connectivity index (χ4n) is 3.80. The number of methoxy groups -OCH3 is 1. The molecule has 0 aliphatic carbocycles. The van der Waals surface area contributed by atoms with Crippen molar-refractivity contribution in [2.45, 2.75) is 18.5 Å². The highest BCUT2D eigenvalue weighted by Gasteiger charge is 2.34. The first-order valence-electron chi connectivity index (χ1n) is 9.34. The average Bonchev–Trinajstić information content (AvgIpc) is 3.24. The Morgan fingerprint density at radius 3 is 2.67 bits per heavy atom. The van der Waals surface area contributed by atoms with Crippen LogP contribution in [0.5, 0.6) is 5.75 Å². The summed E-state index contributed by atoms with van der Waals surface area (Å²) in [5.41, 5.74) is 8.57. The van der Waals surface area contributed by atoms with Crippen LogP contribution in [-0.2, 0) is 4.79 Å². The fourth-order valence-corrected chi connectivity index (χ4v) is 3.80. The highest BCUT2D eigenvalue weighted by atomic mass is 16.5. The summed E-state index contributed by atoms with van der Waals surface area (Å²) < 4.78 is 5.46. The van der Waals surface area contributed by atoms with Gasteiger partial charge in [0.05, 0.1) is 12.8 Å². The summed E-state index contributed by atoms with van der Waals surface area (Å²) in [4.78, 5) is 21.3. The van der Waals surface area contributed by atoms with E-state index >= 15 is 0 Å². The van der Waals surface area contributed by atoms with Gasteiger partial charge in [0.15, 0.2) is 0 Å². The third-order valence-electron chi connectivity index (χ3n) is 5.31. The van der Waals surface area contributed by atoms with E-state index in [-0.39, 0.29) is 18.0 Å². The Balaban J connectivity index is 1.34. The van der Waals surface area contributed by atoms with E-state index in [2.05, 4.69) is 26.8 Å². The minimum absolute atomic E-state index is 0.113. The zero-order valence-corrected chi connectivity index (χ0v) is 15.5. The summed E-state index contributed by atoms with van der Waals surface area (Å²) in [5.74, 6) is 1.03. The van der Waals surface area contributed by atoms with Crippen molar-refractivity contribution in [3.05, 3.63) is 54.4 Å². The Morgan fingerprint density at radius 2 is 1.93 bits per heavy atom. The van der Waals surface area contributed by atoms with Crippen LogP contribution >= 0.6 is 0 Å². The molecule has 2 fully saturated rings. The van der Waals surface area contributed by atoms with Gasteiger partial charge in [0.1, 0.15) is 11.8 Å². The lowest BCUT2D eigenvalue weighted by molar-refractivity contribution is -0.133. The number of nitrogens with one attached hydrogen (secondary N) is 2. The number of hydrazine groups is 1. The number of carbonyl (C=O) groups is 1. The quantitative estimate of drug-likeness (QED) is 0.850. The van der Waals surface area contributed by atoms with Crippen molar-refractivity contribution < 1.29 is 9.53 Å². The van der Waals surface area contributed by atoms with E-state index in [1.54, 1.807) is 13.3 Å². The number of rotatable bonds is 4. The third-order valence-corrected chi connectivity index (χ3v) is 5.31. The minimum atomic E-state index is -0.201. The summed E-state index contributed by atoms with van der Waals surface area (Å²) in [5, 5.41) is 0. The first-order chi connectivity index (χ1) is 13.3. The van der Waals surface area contributed by atoms with Crippen molar-refractivity contribution in [1.82, 2.24) is 20.7 Å². The predicted molar refractivity (Wildman–Crippen MR) is 103 cm³/mol. The van der Waals surface area contributed by atoms with Gasteiger partial charge in [0.25, 0.3) is 0 Å². The topological polar surface area (TPSA) is 69.7 Å². The molecule has 2 aliphatic rings. The van der Waals surface area contributed by atoms with Crippen LogP contribution in [0.15, 0.2) is 48.8 Å². The van der Waals surface area contributed by atoms with E-state index in [0.29, 0.717) is 13.1 Å². The second-order valence-electron chi connectivity index (χ2n) is 6.90. The Hall–Kier alpha value is -2.64. The van der Waals surface area contributed by atoms with Gasteiger partial charge in [-0.2, -0.15) is 0 Å². The highest BCUT2D eigenvalue weighted by molar-refractivity contribution is 5.82. The number of anilines is 1. The molecule has 0 spiro atoms. The standard InChI is InChI=1S/C20H25N5O2/c1-27-19-7-3-2-6-18(19)24-9-11-25(12-10-24)20(26)17-13-16(22-23-17)15-5-4-8-21-14-15/h2-8,14,16-17,22-23H,9-13H2,1H3. The maximum atomic E-state index is 12.9. The van der Waals surface area contributed by atoms with E-state index < -0.39 is 0 Å². The number of para-hydroxylation sites is 2. The molecule has 2 atom stereocenters. The van der Waals surface area contributed by atoms with Crippen molar-refractivity contribution in [3.63, 3.8) is 0 Å². The first kappa shape index (κ1) is 17.8. The van der Waals surface area contributed by atoms with Gasteiger partial charge in [0, 0.05) is 44.6 Å². The zero-order valence-electron chi connectivity index (χ0n) is 15.5. The van der Waals surface area contributed by atoms with E-state index in [1.807, 2.05) is 41.4 Å². The highest BCUT2D eigenvalue weighted by Crippen LogP contribution is 2.29. The van der Waals surface area contributed by atoms with Gasteiger partial charge in [0.2, 0.25) is 5.91 Å². The average molecular weight is 367 g/mol. The molecule has 2 unspecified atom stereocenters. The van der Waals surface area contributed by atoms with Gasteiger partial charge in [-0.3, -0.25) is 9.78 Å². The van der Waals surface area contributed by atoms with Crippen LogP contribution in [0.3, 0.4) is 0 Å². The first-order valence-corrected chi connectivity index (χ1v) is 9.34. The van der Waals surface area contributed by atoms with Gasteiger partial charge < -0.3 is 14.5 Å². The fraction of sp³-hybridized carbons (Fsp3) is 0.400. The Morgan fingerprint density at radius 1 is 1.11 bits per heavy atom. The second-order valence-corrected chi connectivity index (χ2v) is 6.90. The van der Waals surface area contributed by atoms with Crippen LogP contribution in [0.4, 0.5) is 5.69 Å². The normalized spacial score (nSPS) is 22.7. The Kier molecular flexibility index (Phi) is 5.22. The molecule has 2 N–H and O–H groups in total. The number of hydrogen-bond donors (Lipinski definition) is 2. The molecule has 2 saturated heterocycles. The van der Waals surface area contributed by atoms with Crippen LogP contribution in [0.1, 0.15) is 18.0 Å². The lowest BCUT2D eigenvalue weighted by Crippen LogP contribution is -2.53. The number of hydrogen-bond acceptors (Lipinski definition) is 6. The molecule has 4 rings (SSSR count). The molecule has 0 radical (unpaired) electrons. The van der Waals surface area contributed by atoms with Gasteiger partial charge in [-0.1, -0.05) is 18.2 Å². The molecule has 0 saturated carbocycles. The summed E-state index contributed by atoms with van der Waals surface area (Å²) in [6, 6.07) is 11.9. The molecular weight excluding hydrogens is 342 g/mol. The van der Waals surface area contributed by atoms with Gasteiger partial charge >= 0.3 is 0 Å². The number of ether oxygens (including phenoxy) is 1. The van der Waals surface area contributed by atoms with Crippen LogP contribution in [-0.4, -0.2) is 55.1 Å². The van der Waals surface area contributed by atoms with E-state index in [9.17, 15) is 4.79 Å². The molecule has 7 nitrogen and oxygen atoms in total. The summed E-state index contributed by atoms with van der Waals surface area (Å²) in [6.45, 7) is 3.04.